The van der Waals surface area contributed by atoms with Crippen molar-refractivity contribution in [1.82, 2.24) is 10.6 Å². The molecule has 0 saturated heterocycles. The first-order valence-corrected chi connectivity index (χ1v) is 7.19. The lowest BCUT2D eigenvalue weighted by Crippen LogP contribution is -2.53. The predicted molar refractivity (Wildman–Crippen MR) is 78.9 cm³/mol. The molecule has 2 atom stereocenters. The summed E-state index contributed by atoms with van der Waals surface area (Å²) in [5, 5.41) is 5.46. The van der Waals surface area contributed by atoms with Crippen LogP contribution in [0.15, 0.2) is 12.7 Å². The first-order valence-electron chi connectivity index (χ1n) is 7.19. The third kappa shape index (κ3) is 5.95. The molecule has 1 fully saturated rings. The van der Waals surface area contributed by atoms with Gasteiger partial charge in [-0.3, -0.25) is 14.4 Å². The SMILES string of the molecule is C=CC[C@H](NC(=O)[C@@H](N)CC(N)=O)C(=O)NC1CCCC1. The molecule has 1 aliphatic carbocycles. The first kappa shape index (κ1) is 17.2. The topological polar surface area (TPSA) is 127 Å². The van der Waals surface area contributed by atoms with Crippen LogP contribution in [0.2, 0.25) is 0 Å². The minimum atomic E-state index is -1.05. The average Bonchev–Trinajstić information content (AvgIpc) is 2.90. The maximum atomic E-state index is 12.2. The van der Waals surface area contributed by atoms with Gasteiger partial charge in [-0.05, 0) is 19.3 Å². The molecule has 3 amide bonds. The van der Waals surface area contributed by atoms with Gasteiger partial charge in [0, 0.05) is 6.04 Å². The fourth-order valence-corrected chi connectivity index (χ4v) is 2.36. The Morgan fingerprint density at radius 1 is 1.24 bits per heavy atom. The zero-order valence-corrected chi connectivity index (χ0v) is 12.1. The summed E-state index contributed by atoms with van der Waals surface area (Å²) in [5.74, 6) is -1.48. The zero-order valence-electron chi connectivity index (χ0n) is 12.1. The van der Waals surface area contributed by atoms with E-state index >= 15 is 0 Å². The summed E-state index contributed by atoms with van der Waals surface area (Å²) in [6.45, 7) is 3.58. The van der Waals surface area contributed by atoms with Crippen LogP contribution in [0, 0.1) is 0 Å². The number of rotatable bonds is 8. The van der Waals surface area contributed by atoms with Crippen LogP contribution in [-0.4, -0.2) is 35.8 Å². The van der Waals surface area contributed by atoms with Crippen molar-refractivity contribution in [2.75, 3.05) is 0 Å². The van der Waals surface area contributed by atoms with Gasteiger partial charge in [-0.2, -0.15) is 0 Å². The van der Waals surface area contributed by atoms with E-state index in [1.54, 1.807) is 6.08 Å². The van der Waals surface area contributed by atoms with Gasteiger partial charge in [0.15, 0.2) is 0 Å². The van der Waals surface area contributed by atoms with Gasteiger partial charge in [0.2, 0.25) is 17.7 Å². The molecule has 6 N–H and O–H groups in total. The van der Waals surface area contributed by atoms with Crippen LogP contribution in [0.1, 0.15) is 38.5 Å². The van der Waals surface area contributed by atoms with E-state index < -0.39 is 23.9 Å². The summed E-state index contributed by atoms with van der Waals surface area (Å²) in [4.78, 5) is 34.8. The van der Waals surface area contributed by atoms with Gasteiger partial charge in [0.1, 0.15) is 6.04 Å². The van der Waals surface area contributed by atoms with Crippen LogP contribution in [0.3, 0.4) is 0 Å². The van der Waals surface area contributed by atoms with E-state index in [1.807, 2.05) is 0 Å². The summed E-state index contributed by atoms with van der Waals surface area (Å²) in [5.41, 5.74) is 10.6. The molecule has 1 aliphatic rings. The highest BCUT2D eigenvalue weighted by atomic mass is 16.2. The summed E-state index contributed by atoms with van der Waals surface area (Å²) in [7, 11) is 0. The lowest BCUT2D eigenvalue weighted by atomic mass is 10.1. The third-order valence-electron chi connectivity index (χ3n) is 3.49. The fraction of sp³-hybridized carbons (Fsp3) is 0.643. The van der Waals surface area contributed by atoms with Crippen molar-refractivity contribution in [3.05, 3.63) is 12.7 Å². The number of nitrogens with two attached hydrogens (primary N) is 2. The Kier molecular flexibility index (Phi) is 6.87. The molecule has 7 heteroatoms. The Labute approximate surface area is 124 Å². The van der Waals surface area contributed by atoms with Crippen molar-refractivity contribution < 1.29 is 14.4 Å². The maximum absolute atomic E-state index is 12.2. The highest BCUT2D eigenvalue weighted by Crippen LogP contribution is 2.17. The van der Waals surface area contributed by atoms with E-state index in [0.717, 1.165) is 25.7 Å². The van der Waals surface area contributed by atoms with Gasteiger partial charge < -0.3 is 22.1 Å². The minimum Gasteiger partial charge on any atom is -0.370 e. The third-order valence-corrected chi connectivity index (χ3v) is 3.49. The number of carbonyl (C=O) groups is 3. The Morgan fingerprint density at radius 3 is 2.38 bits per heavy atom. The van der Waals surface area contributed by atoms with Crippen molar-refractivity contribution in [1.29, 1.82) is 0 Å². The van der Waals surface area contributed by atoms with Gasteiger partial charge in [0.25, 0.3) is 0 Å². The van der Waals surface area contributed by atoms with Gasteiger partial charge in [-0.1, -0.05) is 18.9 Å². The molecule has 1 rings (SSSR count). The summed E-state index contributed by atoms with van der Waals surface area (Å²) < 4.78 is 0. The van der Waals surface area contributed by atoms with E-state index in [-0.39, 0.29) is 18.4 Å². The molecule has 0 heterocycles. The molecule has 1 saturated carbocycles. The number of hydrogen-bond acceptors (Lipinski definition) is 4. The van der Waals surface area contributed by atoms with Gasteiger partial charge in [-0.25, -0.2) is 0 Å². The Bertz CT molecular complexity index is 405. The quantitative estimate of drug-likeness (QED) is 0.442. The van der Waals surface area contributed by atoms with E-state index in [2.05, 4.69) is 17.2 Å². The normalized spacial score (nSPS) is 17.8. The van der Waals surface area contributed by atoms with Crippen molar-refractivity contribution in [2.45, 2.75) is 56.7 Å². The van der Waals surface area contributed by atoms with Crippen molar-refractivity contribution in [3.8, 4) is 0 Å². The highest BCUT2D eigenvalue weighted by molar-refractivity contribution is 5.92. The predicted octanol–water partition coefficient (Wildman–Crippen LogP) is -0.691. The highest BCUT2D eigenvalue weighted by Gasteiger charge is 2.26. The first-order chi connectivity index (χ1) is 9.93. The molecule has 7 nitrogen and oxygen atoms in total. The van der Waals surface area contributed by atoms with E-state index in [4.69, 9.17) is 11.5 Å². The molecule has 21 heavy (non-hydrogen) atoms. The Balaban J connectivity index is 2.54. The smallest absolute Gasteiger partial charge is 0.243 e. The second kappa shape index (κ2) is 8.41. The van der Waals surface area contributed by atoms with Crippen LogP contribution in [-0.2, 0) is 14.4 Å². The summed E-state index contributed by atoms with van der Waals surface area (Å²) in [6, 6.07) is -1.61. The second-order valence-corrected chi connectivity index (χ2v) is 5.35. The van der Waals surface area contributed by atoms with Crippen LogP contribution in [0.5, 0.6) is 0 Å². The second-order valence-electron chi connectivity index (χ2n) is 5.35. The number of hydrogen-bond donors (Lipinski definition) is 4. The molecule has 0 unspecified atom stereocenters. The van der Waals surface area contributed by atoms with Gasteiger partial charge in [0.05, 0.1) is 12.5 Å². The molecule has 0 aromatic carbocycles. The van der Waals surface area contributed by atoms with Crippen LogP contribution in [0.4, 0.5) is 0 Å². The number of carbonyl (C=O) groups excluding carboxylic acids is 3. The Hall–Kier alpha value is -1.89. The van der Waals surface area contributed by atoms with Crippen molar-refractivity contribution >= 4 is 17.7 Å². The molecule has 0 spiro atoms. The number of primary amides is 1. The molecular formula is C14H24N4O3. The van der Waals surface area contributed by atoms with Crippen LogP contribution < -0.4 is 22.1 Å². The molecule has 0 radical (unpaired) electrons. The standard InChI is InChI=1S/C14H24N4O3/c1-2-5-11(14(21)17-9-6-3-4-7-9)18-13(20)10(15)8-12(16)19/h2,9-11H,1,3-8,15H2,(H2,16,19)(H,17,21)(H,18,20)/t10-,11-/m0/s1. The lowest BCUT2D eigenvalue weighted by Gasteiger charge is -2.21. The molecule has 0 aromatic heterocycles. The monoisotopic (exact) mass is 296 g/mol. The summed E-state index contributed by atoms with van der Waals surface area (Å²) >= 11 is 0. The minimum absolute atomic E-state index is 0.168. The van der Waals surface area contributed by atoms with Crippen molar-refractivity contribution in [3.63, 3.8) is 0 Å². The lowest BCUT2D eigenvalue weighted by molar-refractivity contribution is -0.130. The van der Waals surface area contributed by atoms with E-state index in [1.165, 1.54) is 0 Å². The maximum Gasteiger partial charge on any atom is 0.243 e. The number of nitrogens with one attached hydrogen (secondary N) is 2. The summed E-state index contributed by atoms with van der Waals surface area (Å²) in [6.07, 6.45) is 5.73. The van der Waals surface area contributed by atoms with E-state index in [9.17, 15) is 14.4 Å². The molecule has 118 valence electrons. The molecular weight excluding hydrogens is 272 g/mol. The van der Waals surface area contributed by atoms with Gasteiger partial charge >= 0.3 is 0 Å². The number of amides is 3. The Morgan fingerprint density at radius 2 is 1.86 bits per heavy atom. The van der Waals surface area contributed by atoms with E-state index in [0.29, 0.717) is 6.42 Å². The molecule has 0 aliphatic heterocycles. The molecule has 0 bridgehead atoms. The average molecular weight is 296 g/mol. The largest absolute Gasteiger partial charge is 0.370 e. The van der Waals surface area contributed by atoms with Crippen LogP contribution in [0.25, 0.3) is 0 Å². The van der Waals surface area contributed by atoms with Gasteiger partial charge in [-0.15, -0.1) is 6.58 Å². The molecule has 0 aromatic rings. The van der Waals surface area contributed by atoms with Crippen molar-refractivity contribution in [2.24, 2.45) is 11.5 Å². The zero-order chi connectivity index (χ0) is 15.8. The fourth-order valence-electron chi connectivity index (χ4n) is 2.36. The van der Waals surface area contributed by atoms with Crippen LogP contribution >= 0.6 is 0 Å².